The van der Waals surface area contributed by atoms with Crippen molar-refractivity contribution in [2.24, 2.45) is 0 Å². The first kappa shape index (κ1) is 18.4. The predicted octanol–water partition coefficient (Wildman–Crippen LogP) is 2.53. The summed E-state index contributed by atoms with van der Waals surface area (Å²) in [7, 11) is 2.00. The summed E-state index contributed by atoms with van der Waals surface area (Å²) in [6, 6.07) is 1.03. The van der Waals surface area contributed by atoms with Crippen molar-refractivity contribution in [3.05, 3.63) is 0 Å². The normalized spacial score (nSPS) is 18.5. The smallest absolute Gasteiger partial charge is 0.221 e. The molecule has 2 N–H and O–H groups in total. The van der Waals surface area contributed by atoms with Gasteiger partial charge in [-0.05, 0) is 47.6 Å². The van der Waals surface area contributed by atoms with Gasteiger partial charge in [-0.3, -0.25) is 9.69 Å². The van der Waals surface area contributed by atoms with E-state index in [1.165, 1.54) is 19.3 Å². The number of hydrogen-bond acceptors (Lipinski definition) is 3. The zero-order valence-corrected chi connectivity index (χ0v) is 14.7. The maximum atomic E-state index is 12.2. The van der Waals surface area contributed by atoms with E-state index in [1.54, 1.807) is 0 Å². The van der Waals surface area contributed by atoms with Gasteiger partial charge in [0.25, 0.3) is 0 Å². The fraction of sp³-hybridized carbons (Fsp3) is 0.941. The summed E-state index contributed by atoms with van der Waals surface area (Å²) < 4.78 is 0. The average Bonchev–Trinajstić information content (AvgIpc) is 2.43. The van der Waals surface area contributed by atoms with Gasteiger partial charge in [-0.25, -0.2) is 0 Å². The highest BCUT2D eigenvalue weighted by Crippen LogP contribution is 2.30. The summed E-state index contributed by atoms with van der Waals surface area (Å²) in [5.41, 5.74) is 0.0398. The number of rotatable bonds is 8. The molecule has 1 aliphatic rings. The Morgan fingerprint density at radius 2 is 1.67 bits per heavy atom. The van der Waals surface area contributed by atoms with E-state index < -0.39 is 0 Å². The third kappa shape index (κ3) is 5.95. The van der Waals surface area contributed by atoms with E-state index in [-0.39, 0.29) is 11.4 Å². The minimum atomic E-state index is 0.0398. The van der Waals surface area contributed by atoms with E-state index in [4.69, 9.17) is 0 Å². The van der Waals surface area contributed by atoms with Gasteiger partial charge in [0.1, 0.15) is 0 Å². The number of nitrogens with one attached hydrogen (secondary N) is 2. The largest absolute Gasteiger partial charge is 0.355 e. The Morgan fingerprint density at radius 3 is 2.14 bits per heavy atom. The molecule has 0 radical (unpaired) electrons. The topological polar surface area (TPSA) is 44.4 Å². The number of hydrogen-bond donors (Lipinski definition) is 2. The van der Waals surface area contributed by atoms with Crippen LogP contribution in [-0.2, 0) is 4.79 Å². The van der Waals surface area contributed by atoms with Crippen LogP contribution in [0.5, 0.6) is 0 Å². The highest BCUT2D eigenvalue weighted by Gasteiger charge is 2.32. The molecule has 0 atom stereocenters. The molecule has 1 amide bonds. The van der Waals surface area contributed by atoms with Gasteiger partial charge < -0.3 is 10.6 Å². The van der Waals surface area contributed by atoms with E-state index >= 15 is 0 Å². The molecule has 1 saturated carbocycles. The molecular weight excluding hydrogens is 262 g/mol. The van der Waals surface area contributed by atoms with Crippen LogP contribution in [0.3, 0.4) is 0 Å². The molecule has 21 heavy (non-hydrogen) atoms. The van der Waals surface area contributed by atoms with E-state index in [0.717, 1.165) is 25.9 Å². The molecule has 0 aliphatic heterocycles. The Kier molecular flexibility index (Phi) is 7.67. The first-order valence-corrected chi connectivity index (χ1v) is 8.61. The minimum Gasteiger partial charge on any atom is -0.355 e. The van der Waals surface area contributed by atoms with Gasteiger partial charge in [0.15, 0.2) is 0 Å². The summed E-state index contributed by atoms with van der Waals surface area (Å²) in [4.78, 5) is 14.6. The van der Waals surface area contributed by atoms with Crippen molar-refractivity contribution in [3.8, 4) is 0 Å². The minimum absolute atomic E-state index is 0.0398. The monoisotopic (exact) mass is 297 g/mol. The molecule has 0 heterocycles. The molecule has 0 bridgehead atoms. The van der Waals surface area contributed by atoms with E-state index in [9.17, 15) is 4.79 Å². The maximum Gasteiger partial charge on any atom is 0.221 e. The highest BCUT2D eigenvalue weighted by molar-refractivity contribution is 5.77. The summed E-state index contributed by atoms with van der Waals surface area (Å²) in [6.45, 7) is 10.5. The molecule has 0 unspecified atom stereocenters. The van der Waals surface area contributed by atoms with Crippen LogP contribution in [0.1, 0.15) is 66.2 Å². The van der Waals surface area contributed by atoms with Crippen molar-refractivity contribution in [2.75, 3.05) is 20.1 Å². The van der Waals surface area contributed by atoms with Crippen LogP contribution in [0.4, 0.5) is 0 Å². The lowest BCUT2D eigenvalue weighted by atomic mass is 9.79. The zero-order chi connectivity index (χ0) is 15.9. The van der Waals surface area contributed by atoms with E-state index in [1.807, 2.05) is 7.05 Å². The molecule has 0 aromatic heterocycles. The Labute approximate surface area is 131 Å². The average molecular weight is 297 g/mol. The van der Waals surface area contributed by atoms with Crippen LogP contribution in [-0.4, -0.2) is 48.6 Å². The summed E-state index contributed by atoms with van der Waals surface area (Å²) >= 11 is 0. The van der Waals surface area contributed by atoms with Gasteiger partial charge in [0, 0.05) is 37.1 Å². The third-order valence-corrected chi connectivity index (χ3v) is 4.86. The van der Waals surface area contributed by atoms with Crippen molar-refractivity contribution < 1.29 is 4.79 Å². The lowest BCUT2D eigenvalue weighted by molar-refractivity contribution is -0.123. The van der Waals surface area contributed by atoms with E-state index in [2.05, 4.69) is 43.2 Å². The van der Waals surface area contributed by atoms with Gasteiger partial charge in [-0.2, -0.15) is 0 Å². The fourth-order valence-corrected chi connectivity index (χ4v) is 3.55. The Balaban J connectivity index is 2.36. The molecule has 1 aliphatic carbocycles. The van der Waals surface area contributed by atoms with Crippen LogP contribution >= 0.6 is 0 Å². The fourth-order valence-electron chi connectivity index (χ4n) is 3.55. The van der Waals surface area contributed by atoms with Gasteiger partial charge in [-0.1, -0.05) is 19.3 Å². The number of carbonyl (C=O) groups is 1. The summed E-state index contributed by atoms with van der Waals surface area (Å²) in [6.07, 6.45) is 6.66. The summed E-state index contributed by atoms with van der Waals surface area (Å²) in [5, 5.41) is 6.52. The molecule has 4 nitrogen and oxygen atoms in total. The van der Waals surface area contributed by atoms with Gasteiger partial charge in [0.05, 0.1) is 0 Å². The quantitative estimate of drug-likeness (QED) is 0.723. The van der Waals surface area contributed by atoms with Crippen LogP contribution in [0.2, 0.25) is 0 Å². The van der Waals surface area contributed by atoms with Gasteiger partial charge in [-0.15, -0.1) is 0 Å². The first-order chi connectivity index (χ1) is 9.90. The predicted molar refractivity (Wildman–Crippen MR) is 89.5 cm³/mol. The summed E-state index contributed by atoms with van der Waals surface area (Å²) in [5.74, 6) is 0.193. The van der Waals surface area contributed by atoms with Crippen LogP contribution in [0.15, 0.2) is 0 Å². The van der Waals surface area contributed by atoms with Crippen molar-refractivity contribution in [1.82, 2.24) is 15.5 Å². The second-order valence-corrected chi connectivity index (χ2v) is 7.04. The molecule has 1 rings (SSSR count). The molecule has 0 saturated heterocycles. The lowest BCUT2D eigenvalue weighted by Gasteiger charge is -2.37. The number of carbonyl (C=O) groups excluding carboxylic acids is 1. The molecule has 0 aromatic carbocycles. The highest BCUT2D eigenvalue weighted by atomic mass is 16.1. The van der Waals surface area contributed by atoms with Crippen LogP contribution in [0, 0.1) is 0 Å². The van der Waals surface area contributed by atoms with E-state index in [0.29, 0.717) is 18.5 Å². The Bertz CT molecular complexity index is 301. The van der Waals surface area contributed by atoms with Gasteiger partial charge >= 0.3 is 0 Å². The van der Waals surface area contributed by atoms with Crippen molar-refractivity contribution in [1.29, 1.82) is 0 Å². The number of nitrogens with zero attached hydrogens (tertiary/aromatic N) is 1. The molecule has 1 fully saturated rings. The molecule has 124 valence electrons. The maximum absolute atomic E-state index is 12.2. The zero-order valence-electron chi connectivity index (χ0n) is 14.7. The molecule has 0 spiro atoms. The first-order valence-electron chi connectivity index (χ1n) is 8.61. The SMILES string of the molecule is CNC1(CC(=O)NCCN(C(C)C)C(C)C)CCCCC1. The second-order valence-electron chi connectivity index (χ2n) is 7.04. The number of amides is 1. The van der Waals surface area contributed by atoms with Crippen molar-refractivity contribution in [3.63, 3.8) is 0 Å². The molecular formula is C17H35N3O. The Morgan fingerprint density at radius 1 is 1.10 bits per heavy atom. The van der Waals surface area contributed by atoms with Crippen LogP contribution in [0.25, 0.3) is 0 Å². The van der Waals surface area contributed by atoms with Crippen molar-refractivity contribution in [2.45, 2.75) is 83.8 Å². The lowest BCUT2D eigenvalue weighted by Crippen LogP contribution is -2.49. The van der Waals surface area contributed by atoms with Crippen molar-refractivity contribution >= 4 is 5.91 Å². The third-order valence-electron chi connectivity index (χ3n) is 4.86. The second kappa shape index (κ2) is 8.74. The standard InChI is InChI=1S/C17H35N3O/c1-14(2)20(15(3)4)12-11-19-16(21)13-17(18-5)9-7-6-8-10-17/h14-15,18H,6-13H2,1-5H3,(H,19,21). The molecule has 4 heteroatoms. The van der Waals surface area contributed by atoms with Crippen LogP contribution < -0.4 is 10.6 Å². The molecule has 0 aromatic rings. The van der Waals surface area contributed by atoms with Gasteiger partial charge in [0.2, 0.25) is 5.91 Å². The Hall–Kier alpha value is -0.610.